The lowest BCUT2D eigenvalue weighted by Crippen LogP contribution is -2.38. The largest absolute Gasteiger partial charge is 0.416 e. The van der Waals surface area contributed by atoms with Crippen molar-refractivity contribution in [1.82, 2.24) is 20.2 Å². The van der Waals surface area contributed by atoms with Crippen molar-refractivity contribution >= 4 is 17.8 Å². The van der Waals surface area contributed by atoms with Gasteiger partial charge in [0.15, 0.2) is 5.96 Å². The number of hydrogen-bond donors (Lipinski definition) is 3. The molecule has 0 saturated carbocycles. The summed E-state index contributed by atoms with van der Waals surface area (Å²) in [6, 6.07) is 4.82. The second kappa shape index (κ2) is 8.47. The number of amides is 2. The van der Waals surface area contributed by atoms with E-state index in [2.05, 4.69) is 9.97 Å². The van der Waals surface area contributed by atoms with E-state index in [4.69, 9.17) is 11.1 Å². The molecule has 1 saturated heterocycles. The zero-order chi connectivity index (χ0) is 21.9. The van der Waals surface area contributed by atoms with Crippen LogP contribution in [0.15, 0.2) is 36.8 Å². The first-order chi connectivity index (χ1) is 14.2. The van der Waals surface area contributed by atoms with Crippen molar-refractivity contribution < 1.29 is 22.8 Å². The zero-order valence-electron chi connectivity index (χ0n) is 15.7. The van der Waals surface area contributed by atoms with Crippen molar-refractivity contribution in [2.75, 3.05) is 13.1 Å². The minimum absolute atomic E-state index is 0.0796. The lowest BCUT2D eigenvalue weighted by molar-refractivity contribution is -0.138. The van der Waals surface area contributed by atoms with Crippen LogP contribution in [-0.2, 0) is 6.18 Å². The molecule has 0 radical (unpaired) electrons. The van der Waals surface area contributed by atoms with Crippen LogP contribution in [-0.4, -0.2) is 45.7 Å². The Balaban J connectivity index is 1.78. The van der Waals surface area contributed by atoms with Gasteiger partial charge in [0.2, 0.25) is 0 Å². The van der Waals surface area contributed by atoms with Crippen LogP contribution < -0.4 is 11.1 Å². The lowest BCUT2D eigenvalue weighted by atomic mass is 9.85. The second-order valence-electron chi connectivity index (χ2n) is 6.83. The fourth-order valence-corrected chi connectivity index (χ4v) is 3.47. The third kappa shape index (κ3) is 4.73. The zero-order valence-corrected chi connectivity index (χ0v) is 15.7. The molecule has 11 heteroatoms. The maximum Gasteiger partial charge on any atom is 0.416 e. The Bertz CT molecular complexity index is 956. The Kier molecular flexibility index (Phi) is 5.99. The van der Waals surface area contributed by atoms with Crippen molar-refractivity contribution in [1.29, 1.82) is 5.41 Å². The van der Waals surface area contributed by atoms with Gasteiger partial charge in [-0.2, -0.15) is 13.2 Å². The van der Waals surface area contributed by atoms with Crippen molar-refractivity contribution in [3.8, 4) is 0 Å². The molecule has 2 heterocycles. The second-order valence-corrected chi connectivity index (χ2v) is 6.83. The Hall–Kier alpha value is -3.50. The molecule has 2 aromatic rings. The molecule has 1 aliphatic heterocycles. The fourth-order valence-electron chi connectivity index (χ4n) is 3.47. The smallest absolute Gasteiger partial charge is 0.370 e. The van der Waals surface area contributed by atoms with Crippen molar-refractivity contribution in [3.63, 3.8) is 0 Å². The molecule has 4 N–H and O–H groups in total. The summed E-state index contributed by atoms with van der Waals surface area (Å²) in [5.74, 6) is -2.24. The molecular formula is C19H19F3N6O2. The number of nitrogens with two attached hydrogens (primary N) is 1. The number of nitrogens with zero attached hydrogens (tertiary/aromatic N) is 3. The van der Waals surface area contributed by atoms with Gasteiger partial charge in [-0.15, -0.1) is 0 Å². The number of benzene rings is 1. The third-order valence-corrected chi connectivity index (χ3v) is 4.89. The minimum atomic E-state index is -4.66. The van der Waals surface area contributed by atoms with E-state index in [1.54, 1.807) is 4.90 Å². The van der Waals surface area contributed by atoms with Crippen LogP contribution in [0.3, 0.4) is 0 Å². The van der Waals surface area contributed by atoms with Crippen LogP contribution in [0.4, 0.5) is 13.2 Å². The van der Waals surface area contributed by atoms with E-state index >= 15 is 0 Å². The van der Waals surface area contributed by atoms with Crippen LogP contribution in [0, 0.1) is 5.41 Å². The summed E-state index contributed by atoms with van der Waals surface area (Å²) < 4.78 is 41.0. The van der Waals surface area contributed by atoms with Gasteiger partial charge in [-0.3, -0.25) is 20.3 Å². The van der Waals surface area contributed by atoms with Gasteiger partial charge in [0.25, 0.3) is 11.8 Å². The summed E-state index contributed by atoms with van der Waals surface area (Å²) in [7, 11) is 0. The van der Waals surface area contributed by atoms with Crippen LogP contribution in [0.2, 0.25) is 0 Å². The summed E-state index contributed by atoms with van der Waals surface area (Å²) in [6.07, 6.45) is -1.25. The van der Waals surface area contributed by atoms with Crippen LogP contribution in [0.1, 0.15) is 50.7 Å². The molecule has 8 nitrogen and oxygen atoms in total. The highest BCUT2D eigenvalue weighted by Gasteiger charge is 2.37. The van der Waals surface area contributed by atoms with Crippen LogP contribution in [0.25, 0.3) is 0 Å². The predicted octanol–water partition coefficient (Wildman–Crippen LogP) is 2.14. The molecule has 1 aromatic heterocycles. The molecule has 0 spiro atoms. The van der Waals surface area contributed by atoms with Crippen LogP contribution >= 0.6 is 0 Å². The van der Waals surface area contributed by atoms with Gasteiger partial charge in [0.1, 0.15) is 12.0 Å². The number of nitrogens with one attached hydrogen (secondary N) is 2. The van der Waals surface area contributed by atoms with Gasteiger partial charge in [-0.1, -0.05) is 6.07 Å². The summed E-state index contributed by atoms with van der Waals surface area (Å²) >= 11 is 0. The SMILES string of the molecule is N=C(N)NC(=O)c1ccc(C2CCN(C(=O)c3ccncn3)CC2)c(C(F)(F)F)c1. The van der Waals surface area contributed by atoms with Crippen molar-refractivity contribution in [2.45, 2.75) is 24.9 Å². The van der Waals surface area contributed by atoms with Crippen LogP contribution in [0.5, 0.6) is 0 Å². The molecule has 30 heavy (non-hydrogen) atoms. The third-order valence-electron chi connectivity index (χ3n) is 4.89. The number of halogens is 3. The number of rotatable bonds is 3. The number of guanidine groups is 1. The molecule has 158 valence electrons. The Labute approximate surface area is 169 Å². The summed E-state index contributed by atoms with van der Waals surface area (Å²) in [4.78, 5) is 33.6. The number of aromatic nitrogens is 2. The van der Waals surface area contributed by atoms with Gasteiger partial charge >= 0.3 is 6.18 Å². The van der Waals surface area contributed by atoms with Gasteiger partial charge in [-0.25, -0.2) is 9.97 Å². The molecule has 3 rings (SSSR count). The number of likely N-dealkylation sites (tertiary alicyclic amines) is 1. The molecule has 0 bridgehead atoms. The standard InChI is InChI=1S/C19H19F3N6O2/c20-19(21,22)14-9-12(16(29)27-18(23)24)1-2-13(14)11-4-7-28(8-5-11)17(30)15-3-6-25-10-26-15/h1-3,6,9-11H,4-5,7-8H2,(H4,23,24,27,29). The van der Waals surface area contributed by atoms with E-state index in [9.17, 15) is 22.8 Å². The minimum Gasteiger partial charge on any atom is -0.370 e. The van der Waals surface area contributed by atoms with E-state index in [1.807, 2.05) is 5.32 Å². The van der Waals surface area contributed by atoms with Crippen molar-refractivity contribution in [3.05, 3.63) is 59.2 Å². The van der Waals surface area contributed by atoms with E-state index in [-0.39, 0.29) is 35.8 Å². The first kappa shape index (κ1) is 21.2. The maximum absolute atomic E-state index is 13.7. The fraction of sp³-hybridized carbons (Fsp3) is 0.316. The summed E-state index contributed by atoms with van der Waals surface area (Å²) in [6.45, 7) is 0.578. The number of carbonyl (C=O) groups is 2. The highest BCUT2D eigenvalue weighted by molar-refractivity contribution is 6.04. The average molecular weight is 420 g/mol. The van der Waals surface area contributed by atoms with E-state index in [1.165, 1.54) is 30.7 Å². The Morgan fingerprint density at radius 2 is 1.90 bits per heavy atom. The lowest BCUT2D eigenvalue weighted by Gasteiger charge is -2.33. The molecular weight excluding hydrogens is 401 g/mol. The molecule has 1 aliphatic rings. The monoisotopic (exact) mass is 420 g/mol. The highest BCUT2D eigenvalue weighted by Crippen LogP contribution is 2.39. The molecule has 1 fully saturated rings. The maximum atomic E-state index is 13.7. The molecule has 0 atom stereocenters. The quantitative estimate of drug-likeness (QED) is 0.518. The van der Waals surface area contributed by atoms with Gasteiger partial charge in [-0.05, 0) is 42.5 Å². The first-order valence-corrected chi connectivity index (χ1v) is 9.08. The number of hydrogen-bond acceptors (Lipinski definition) is 5. The van der Waals surface area contributed by atoms with Gasteiger partial charge in [0.05, 0.1) is 5.56 Å². The number of carbonyl (C=O) groups excluding carboxylic acids is 2. The van der Waals surface area contributed by atoms with E-state index in [0.29, 0.717) is 12.8 Å². The van der Waals surface area contributed by atoms with E-state index in [0.717, 1.165) is 6.07 Å². The topological polar surface area (TPSA) is 125 Å². The molecule has 0 aliphatic carbocycles. The Morgan fingerprint density at radius 1 is 1.20 bits per heavy atom. The number of alkyl halides is 3. The molecule has 0 unspecified atom stereocenters. The average Bonchev–Trinajstić information content (AvgIpc) is 2.72. The summed E-state index contributed by atoms with van der Waals surface area (Å²) in [5.41, 5.74) is 4.24. The first-order valence-electron chi connectivity index (χ1n) is 9.08. The molecule has 1 aromatic carbocycles. The van der Waals surface area contributed by atoms with Gasteiger partial charge in [0, 0.05) is 24.8 Å². The van der Waals surface area contributed by atoms with Gasteiger partial charge < -0.3 is 10.6 Å². The Morgan fingerprint density at radius 3 is 2.47 bits per heavy atom. The normalized spacial score (nSPS) is 15.0. The number of piperidine rings is 1. The summed E-state index contributed by atoms with van der Waals surface area (Å²) in [5, 5.41) is 9.02. The molecule has 2 amide bonds. The predicted molar refractivity (Wildman–Crippen MR) is 101 cm³/mol. The highest BCUT2D eigenvalue weighted by atomic mass is 19.4. The van der Waals surface area contributed by atoms with Crippen molar-refractivity contribution in [2.24, 2.45) is 5.73 Å². The van der Waals surface area contributed by atoms with E-state index < -0.39 is 29.5 Å².